The third-order valence-electron chi connectivity index (χ3n) is 1.89. The maximum absolute atomic E-state index is 9.64. The number of aryl methyl sites for hydroxylation is 1. The molecule has 0 radical (unpaired) electrons. The molecular formula is C10H13BrO2. The van der Waals surface area contributed by atoms with E-state index in [1.807, 2.05) is 25.1 Å². The molecule has 0 saturated carbocycles. The molecule has 1 N–H and O–H groups in total. The lowest BCUT2D eigenvalue weighted by Crippen LogP contribution is -2.01. The predicted molar refractivity (Wildman–Crippen MR) is 56.5 cm³/mol. The Morgan fingerprint density at radius 3 is 2.77 bits per heavy atom. The van der Waals surface area contributed by atoms with Crippen molar-refractivity contribution in [2.24, 2.45) is 0 Å². The summed E-state index contributed by atoms with van der Waals surface area (Å²) in [4.78, 5) is 0. The fourth-order valence-electron chi connectivity index (χ4n) is 1.20. The van der Waals surface area contributed by atoms with E-state index >= 15 is 0 Å². The Balaban J connectivity index is 3.07. The van der Waals surface area contributed by atoms with Gasteiger partial charge in [-0.3, -0.25) is 0 Å². The van der Waals surface area contributed by atoms with Gasteiger partial charge in [-0.25, -0.2) is 0 Å². The van der Waals surface area contributed by atoms with Gasteiger partial charge < -0.3 is 9.84 Å². The van der Waals surface area contributed by atoms with Gasteiger partial charge in [0.05, 0.1) is 13.2 Å². The summed E-state index contributed by atoms with van der Waals surface area (Å²) in [6.45, 7) is 1.99. The minimum absolute atomic E-state index is 0.505. The van der Waals surface area contributed by atoms with Crippen LogP contribution in [0.1, 0.15) is 17.2 Å². The Bertz CT molecular complexity index is 286. The van der Waals surface area contributed by atoms with Crippen molar-refractivity contribution in [3.05, 3.63) is 29.3 Å². The molecule has 0 aliphatic carbocycles. The number of aliphatic hydroxyl groups excluding tert-OH is 1. The fraction of sp³-hybridized carbons (Fsp3) is 0.400. The highest BCUT2D eigenvalue weighted by atomic mass is 79.9. The second kappa shape index (κ2) is 4.63. The van der Waals surface area contributed by atoms with Crippen LogP contribution in [0.3, 0.4) is 0 Å². The number of halogens is 1. The minimum Gasteiger partial charge on any atom is -0.496 e. The molecule has 1 unspecified atom stereocenters. The third-order valence-corrected chi connectivity index (χ3v) is 2.50. The summed E-state index contributed by atoms with van der Waals surface area (Å²) < 4.78 is 5.14. The molecule has 13 heavy (non-hydrogen) atoms. The van der Waals surface area contributed by atoms with Gasteiger partial charge in [0, 0.05) is 10.9 Å². The average molecular weight is 245 g/mol. The summed E-state index contributed by atoms with van der Waals surface area (Å²) in [6, 6.07) is 5.77. The number of benzene rings is 1. The van der Waals surface area contributed by atoms with Crippen molar-refractivity contribution in [1.82, 2.24) is 0 Å². The van der Waals surface area contributed by atoms with E-state index in [1.165, 1.54) is 0 Å². The second-order valence-corrected chi connectivity index (χ2v) is 3.56. The highest BCUT2D eigenvalue weighted by Crippen LogP contribution is 2.27. The van der Waals surface area contributed by atoms with Crippen molar-refractivity contribution in [3.63, 3.8) is 0 Å². The van der Waals surface area contributed by atoms with Crippen LogP contribution in [-0.4, -0.2) is 17.5 Å². The molecule has 0 spiro atoms. The first-order valence-corrected chi connectivity index (χ1v) is 5.19. The van der Waals surface area contributed by atoms with Gasteiger partial charge in [-0.05, 0) is 19.1 Å². The first-order valence-electron chi connectivity index (χ1n) is 4.07. The number of alkyl halides is 1. The second-order valence-electron chi connectivity index (χ2n) is 2.92. The third kappa shape index (κ3) is 2.45. The molecule has 0 amide bonds. The monoisotopic (exact) mass is 244 g/mol. The van der Waals surface area contributed by atoms with E-state index in [4.69, 9.17) is 4.74 Å². The minimum atomic E-state index is -0.505. The normalized spacial score (nSPS) is 12.6. The zero-order chi connectivity index (χ0) is 9.84. The molecule has 72 valence electrons. The molecule has 0 aliphatic rings. The lowest BCUT2D eigenvalue weighted by atomic mass is 10.1. The summed E-state index contributed by atoms with van der Waals surface area (Å²) in [5, 5.41) is 10.2. The summed E-state index contributed by atoms with van der Waals surface area (Å²) in [7, 11) is 1.61. The van der Waals surface area contributed by atoms with Gasteiger partial charge in [0.1, 0.15) is 5.75 Å². The molecule has 1 aromatic carbocycles. The van der Waals surface area contributed by atoms with E-state index in [0.29, 0.717) is 5.33 Å². The first kappa shape index (κ1) is 10.5. The van der Waals surface area contributed by atoms with Crippen LogP contribution in [0.2, 0.25) is 0 Å². The Morgan fingerprint density at radius 2 is 2.23 bits per heavy atom. The summed E-state index contributed by atoms with van der Waals surface area (Å²) in [5.74, 6) is 0.734. The van der Waals surface area contributed by atoms with Crippen molar-refractivity contribution in [1.29, 1.82) is 0 Å². The van der Waals surface area contributed by atoms with Crippen molar-refractivity contribution < 1.29 is 9.84 Å². The zero-order valence-electron chi connectivity index (χ0n) is 7.75. The van der Waals surface area contributed by atoms with E-state index in [2.05, 4.69) is 15.9 Å². The number of rotatable bonds is 3. The van der Waals surface area contributed by atoms with Gasteiger partial charge in [-0.2, -0.15) is 0 Å². The van der Waals surface area contributed by atoms with Crippen LogP contribution in [0, 0.1) is 6.92 Å². The number of ether oxygens (including phenoxy) is 1. The van der Waals surface area contributed by atoms with E-state index in [0.717, 1.165) is 16.9 Å². The van der Waals surface area contributed by atoms with Gasteiger partial charge in [0.2, 0.25) is 0 Å². The summed E-state index contributed by atoms with van der Waals surface area (Å²) in [6.07, 6.45) is -0.505. The van der Waals surface area contributed by atoms with Crippen LogP contribution >= 0.6 is 15.9 Å². The number of hydrogen-bond acceptors (Lipinski definition) is 2. The van der Waals surface area contributed by atoms with E-state index in [9.17, 15) is 5.11 Å². The Kier molecular flexibility index (Phi) is 3.75. The van der Waals surface area contributed by atoms with Crippen LogP contribution in [0.15, 0.2) is 18.2 Å². The van der Waals surface area contributed by atoms with Crippen LogP contribution in [0.25, 0.3) is 0 Å². The number of aliphatic hydroxyl groups is 1. The van der Waals surface area contributed by atoms with E-state index in [-0.39, 0.29) is 0 Å². The molecule has 0 heterocycles. The van der Waals surface area contributed by atoms with Crippen molar-refractivity contribution >= 4 is 15.9 Å². The molecule has 3 heteroatoms. The number of methoxy groups -OCH3 is 1. The predicted octanol–water partition coefficient (Wildman–Crippen LogP) is 2.43. The SMILES string of the molecule is COc1ccc(C)cc1C(O)CBr. The highest BCUT2D eigenvalue weighted by molar-refractivity contribution is 9.09. The Hall–Kier alpha value is -0.540. The van der Waals surface area contributed by atoms with Gasteiger partial charge >= 0.3 is 0 Å². The van der Waals surface area contributed by atoms with E-state index < -0.39 is 6.10 Å². The Morgan fingerprint density at radius 1 is 1.54 bits per heavy atom. The lowest BCUT2D eigenvalue weighted by molar-refractivity contribution is 0.200. The summed E-state index contributed by atoms with van der Waals surface area (Å²) >= 11 is 3.23. The quantitative estimate of drug-likeness (QED) is 0.828. The maximum atomic E-state index is 9.64. The van der Waals surface area contributed by atoms with Crippen molar-refractivity contribution in [2.45, 2.75) is 13.0 Å². The lowest BCUT2D eigenvalue weighted by Gasteiger charge is -2.12. The molecule has 2 nitrogen and oxygen atoms in total. The zero-order valence-corrected chi connectivity index (χ0v) is 9.34. The maximum Gasteiger partial charge on any atom is 0.124 e. The van der Waals surface area contributed by atoms with Gasteiger partial charge in [0.15, 0.2) is 0 Å². The molecule has 1 rings (SSSR count). The molecular weight excluding hydrogens is 232 g/mol. The number of hydrogen-bond donors (Lipinski definition) is 1. The average Bonchev–Trinajstić information content (AvgIpc) is 2.16. The van der Waals surface area contributed by atoms with E-state index in [1.54, 1.807) is 7.11 Å². The summed E-state index contributed by atoms with van der Waals surface area (Å²) in [5.41, 5.74) is 1.95. The molecule has 0 saturated heterocycles. The van der Waals surface area contributed by atoms with Crippen LogP contribution < -0.4 is 4.74 Å². The van der Waals surface area contributed by atoms with Crippen LogP contribution in [0.4, 0.5) is 0 Å². The standard InChI is InChI=1S/C10H13BrO2/c1-7-3-4-10(13-2)8(5-7)9(12)6-11/h3-5,9,12H,6H2,1-2H3. The highest BCUT2D eigenvalue weighted by Gasteiger charge is 2.11. The smallest absolute Gasteiger partial charge is 0.124 e. The largest absolute Gasteiger partial charge is 0.496 e. The van der Waals surface area contributed by atoms with Crippen molar-refractivity contribution in [3.8, 4) is 5.75 Å². The molecule has 0 aromatic heterocycles. The molecule has 0 aliphatic heterocycles. The van der Waals surface area contributed by atoms with Gasteiger partial charge in [0.25, 0.3) is 0 Å². The topological polar surface area (TPSA) is 29.5 Å². The van der Waals surface area contributed by atoms with Crippen molar-refractivity contribution in [2.75, 3.05) is 12.4 Å². The van der Waals surface area contributed by atoms with Crippen LogP contribution in [0.5, 0.6) is 5.75 Å². The fourth-order valence-corrected chi connectivity index (χ4v) is 1.55. The molecule has 1 atom stereocenters. The molecule has 0 bridgehead atoms. The van der Waals surface area contributed by atoms with Gasteiger partial charge in [-0.15, -0.1) is 0 Å². The molecule has 0 fully saturated rings. The molecule has 1 aromatic rings. The first-order chi connectivity index (χ1) is 6.19. The van der Waals surface area contributed by atoms with Crippen LogP contribution in [-0.2, 0) is 0 Å². The van der Waals surface area contributed by atoms with Gasteiger partial charge in [-0.1, -0.05) is 27.6 Å². The Labute approximate surface area is 86.7 Å².